The summed E-state index contributed by atoms with van der Waals surface area (Å²) in [5.74, 6) is 0.396. The van der Waals surface area contributed by atoms with E-state index in [9.17, 15) is 15.2 Å². The van der Waals surface area contributed by atoms with Gasteiger partial charge in [0.25, 0.3) is 0 Å². The lowest BCUT2D eigenvalue weighted by Crippen LogP contribution is -2.22. The van der Waals surface area contributed by atoms with Gasteiger partial charge in [0.2, 0.25) is 5.82 Å². The summed E-state index contributed by atoms with van der Waals surface area (Å²) in [6.07, 6.45) is 1.25. The van der Waals surface area contributed by atoms with Gasteiger partial charge >= 0.3 is 5.69 Å². The minimum Gasteiger partial charge on any atom is -0.391 e. The minimum atomic E-state index is -0.606. The monoisotopic (exact) mass is 264 g/mol. The van der Waals surface area contributed by atoms with Crippen molar-refractivity contribution in [2.24, 2.45) is 5.92 Å². The van der Waals surface area contributed by atoms with Crippen molar-refractivity contribution in [1.29, 1.82) is 5.26 Å². The summed E-state index contributed by atoms with van der Waals surface area (Å²) in [5, 5.41) is 32.0. The van der Waals surface area contributed by atoms with Crippen LogP contribution in [0.5, 0.6) is 0 Å². The summed E-state index contributed by atoms with van der Waals surface area (Å²) in [5.41, 5.74) is -0.143. The number of rotatable bonds is 6. The van der Waals surface area contributed by atoms with Gasteiger partial charge in [0.1, 0.15) is 6.07 Å². The Hall–Kier alpha value is -2.20. The van der Waals surface area contributed by atoms with Crippen LogP contribution in [0.25, 0.3) is 0 Å². The van der Waals surface area contributed by atoms with Crippen LogP contribution in [0.4, 0.5) is 11.5 Å². The van der Waals surface area contributed by atoms with Crippen molar-refractivity contribution in [3.63, 3.8) is 0 Å². The largest absolute Gasteiger partial charge is 0.391 e. The molecule has 7 heteroatoms. The quantitative estimate of drug-likeness (QED) is 0.597. The number of aromatic nitrogens is 1. The van der Waals surface area contributed by atoms with Gasteiger partial charge in [0.05, 0.1) is 16.6 Å². The zero-order valence-corrected chi connectivity index (χ0v) is 10.8. The van der Waals surface area contributed by atoms with Crippen LogP contribution in [0.3, 0.4) is 0 Å². The molecule has 0 saturated heterocycles. The standard InChI is InChI=1S/C12H16N4O3/c1-8(2)3-10(17)7-15-12-11(16(18)19)4-9(5-13)6-14-12/h4,6,8,10,17H,3,7H2,1-2H3,(H,14,15). The fourth-order valence-corrected chi connectivity index (χ4v) is 1.63. The molecule has 0 aromatic carbocycles. The van der Waals surface area contributed by atoms with Gasteiger partial charge in [-0.05, 0) is 12.3 Å². The SMILES string of the molecule is CC(C)CC(O)CNc1ncc(C#N)cc1[N+](=O)[O-]. The summed E-state index contributed by atoms with van der Waals surface area (Å²) < 4.78 is 0. The normalized spacial score (nSPS) is 11.9. The maximum Gasteiger partial charge on any atom is 0.312 e. The third-order valence-corrected chi connectivity index (χ3v) is 2.44. The lowest BCUT2D eigenvalue weighted by atomic mass is 10.1. The van der Waals surface area contributed by atoms with Crippen LogP contribution in [0, 0.1) is 27.4 Å². The predicted octanol–water partition coefficient (Wildman–Crippen LogP) is 1.68. The van der Waals surface area contributed by atoms with E-state index in [4.69, 9.17) is 5.26 Å². The van der Waals surface area contributed by atoms with Gasteiger partial charge in [-0.1, -0.05) is 13.8 Å². The molecule has 0 fully saturated rings. The maximum atomic E-state index is 10.9. The molecular weight excluding hydrogens is 248 g/mol. The van der Waals surface area contributed by atoms with E-state index < -0.39 is 11.0 Å². The maximum absolute atomic E-state index is 10.9. The van der Waals surface area contributed by atoms with Gasteiger partial charge in [0.15, 0.2) is 0 Å². The van der Waals surface area contributed by atoms with E-state index in [2.05, 4.69) is 10.3 Å². The molecule has 1 heterocycles. The number of anilines is 1. The van der Waals surface area contributed by atoms with E-state index >= 15 is 0 Å². The van der Waals surface area contributed by atoms with Crippen LogP contribution in [0.2, 0.25) is 0 Å². The van der Waals surface area contributed by atoms with E-state index in [1.807, 2.05) is 13.8 Å². The number of hydrogen-bond donors (Lipinski definition) is 2. The van der Waals surface area contributed by atoms with Crippen LogP contribution >= 0.6 is 0 Å². The highest BCUT2D eigenvalue weighted by Crippen LogP contribution is 2.22. The van der Waals surface area contributed by atoms with Crippen molar-refractivity contribution >= 4 is 11.5 Å². The molecule has 0 aliphatic carbocycles. The Bertz CT molecular complexity index is 496. The van der Waals surface area contributed by atoms with Crippen molar-refractivity contribution in [3.05, 3.63) is 27.9 Å². The fourth-order valence-electron chi connectivity index (χ4n) is 1.63. The fraction of sp³-hybridized carbons (Fsp3) is 0.500. The molecule has 1 rings (SSSR count). The molecule has 0 bridgehead atoms. The molecule has 19 heavy (non-hydrogen) atoms. The molecule has 0 spiro atoms. The highest BCUT2D eigenvalue weighted by Gasteiger charge is 2.17. The second kappa shape index (κ2) is 6.66. The highest BCUT2D eigenvalue weighted by molar-refractivity contribution is 5.58. The number of nitrogens with zero attached hydrogens (tertiary/aromatic N) is 3. The van der Waals surface area contributed by atoms with E-state index in [0.717, 1.165) is 6.07 Å². The topological polar surface area (TPSA) is 112 Å². The first kappa shape index (κ1) is 14.9. The molecule has 102 valence electrons. The number of aliphatic hydroxyl groups is 1. The second-order valence-electron chi connectivity index (χ2n) is 4.62. The molecule has 2 N–H and O–H groups in total. The number of nitrogens with one attached hydrogen (secondary N) is 1. The Morgan fingerprint density at radius 3 is 2.84 bits per heavy atom. The molecule has 0 amide bonds. The first-order chi connectivity index (χ1) is 8.93. The summed E-state index contributed by atoms with van der Waals surface area (Å²) in [6, 6.07) is 2.95. The molecular formula is C12H16N4O3. The van der Waals surface area contributed by atoms with Crippen LogP contribution in [0.1, 0.15) is 25.8 Å². The molecule has 7 nitrogen and oxygen atoms in total. The second-order valence-corrected chi connectivity index (χ2v) is 4.62. The Labute approximate surface area is 111 Å². The first-order valence-corrected chi connectivity index (χ1v) is 5.90. The van der Waals surface area contributed by atoms with Crippen molar-refractivity contribution < 1.29 is 10.0 Å². The summed E-state index contributed by atoms with van der Waals surface area (Å²) >= 11 is 0. The van der Waals surface area contributed by atoms with Crippen molar-refractivity contribution in [1.82, 2.24) is 4.98 Å². The molecule has 1 aromatic rings. The lowest BCUT2D eigenvalue weighted by Gasteiger charge is -2.14. The smallest absolute Gasteiger partial charge is 0.312 e. The van der Waals surface area contributed by atoms with E-state index in [-0.39, 0.29) is 23.6 Å². The summed E-state index contributed by atoms with van der Waals surface area (Å²) in [4.78, 5) is 14.1. The number of aliphatic hydroxyl groups excluding tert-OH is 1. The van der Waals surface area contributed by atoms with Gasteiger partial charge in [-0.15, -0.1) is 0 Å². The molecule has 1 aromatic heterocycles. The van der Waals surface area contributed by atoms with E-state index in [1.165, 1.54) is 6.20 Å². The Morgan fingerprint density at radius 2 is 2.32 bits per heavy atom. The Kier molecular flexibility index (Phi) is 5.21. The van der Waals surface area contributed by atoms with Crippen LogP contribution in [-0.4, -0.2) is 27.7 Å². The van der Waals surface area contributed by atoms with Crippen molar-refractivity contribution in [2.45, 2.75) is 26.4 Å². The van der Waals surface area contributed by atoms with Crippen LogP contribution in [-0.2, 0) is 0 Å². The van der Waals surface area contributed by atoms with Crippen molar-refractivity contribution in [3.8, 4) is 6.07 Å². The molecule has 0 aliphatic rings. The van der Waals surface area contributed by atoms with Gasteiger partial charge < -0.3 is 10.4 Å². The van der Waals surface area contributed by atoms with E-state index in [0.29, 0.717) is 12.3 Å². The highest BCUT2D eigenvalue weighted by atomic mass is 16.6. The van der Waals surface area contributed by atoms with Gasteiger partial charge in [-0.3, -0.25) is 10.1 Å². The van der Waals surface area contributed by atoms with Gasteiger partial charge in [-0.25, -0.2) is 4.98 Å². The third-order valence-electron chi connectivity index (χ3n) is 2.44. The average molecular weight is 264 g/mol. The molecule has 0 aliphatic heterocycles. The minimum absolute atomic E-state index is 0.0619. The molecule has 0 saturated carbocycles. The lowest BCUT2D eigenvalue weighted by molar-refractivity contribution is -0.384. The zero-order chi connectivity index (χ0) is 14.4. The number of nitro groups is 1. The van der Waals surface area contributed by atoms with Gasteiger partial charge in [0, 0.05) is 18.8 Å². The zero-order valence-electron chi connectivity index (χ0n) is 10.8. The number of pyridine rings is 1. The Balaban J connectivity index is 2.78. The van der Waals surface area contributed by atoms with Crippen LogP contribution in [0.15, 0.2) is 12.3 Å². The number of hydrogen-bond acceptors (Lipinski definition) is 6. The Morgan fingerprint density at radius 1 is 1.63 bits per heavy atom. The molecule has 1 atom stereocenters. The number of nitriles is 1. The molecule has 1 unspecified atom stereocenters. The predicted molar refractivity (Wildman–Crippen MR) is 69.6 cm³/mol. The molecule has 0 radical (unpaired) electrons. The van der Waals surface area contributed by atoms with Crippen molar-refractivity contribution in [2.75, 3.05) is 11.9 Å². The van der Waals surface area contributed by atoms with Crippen LogP contribution < -0.4 is 5.32 Å². The van der Waals surface area contributed by atoms with Gasteiger partial charge in [-0.2, -0.15) is 5.26 Å². The van der Waals surface area contributed by atoms with E-state index in [1.54, 1.807) is 6.07 Å². The average Bonchev–Trinajstić information content (AvgIpc) is 2.35. The first-order valence-electron chi connectivity index (χ1n) is 5.90. The summed E-state index contributed by atoms with van der Waals surface area (Å²) in [6.45, 7) is 4.13. The third kappa shape index (κ3) is 4.52. The summed E-state index contributed by atoms with van der Waals surface area (Å²) in [7, 11) is 0.